The minimum Gasteiger partial charge on any atom is -0.395 e. The van der Waals surface area contributed by atoms with E-state index in [4.69, 9.17) is 0 Å². The second-order valence-corrected chi connectivity index (χ2v) is 4.47. The lowest BCUT2D eigenvalue weighted by Crippen LogP contribution is -2.25. The van der Waals surface area contributed by atoms with Crippen LogP contribution in [0.25, 0.3) is 0 Å². The Labute approximate surface area is 98.7 Å². The zero-order valence-electron chi connectivity index (χ0n) is 9.80. The summed E-state index contributed by atoms with van der Waals surface area (Å²) in [6.07, 6.45) is -3.54. The van der Waals surface area contributed by atoms with Gasteiger partial charge in [-0.3, -0.25) is 0 Å². The van der Waals surface area contributed by atoms with Crippen LogP contribution in [0.1, 0.15) is 19.4 Å². The Morgan fingerprint density at radius 3 is 2.65 bits per heavy atom. The lowest BCUT2D eigenvalue weighted by atomic mass is 10.2. The number of hydrogen-bond donors (Lipinski definition) is 1. The molecular formula is C12H15F2NO2. The largest absolute Gasteiger partial charge is 0.586 e. The minimum absolute atomic E-state index is 0.0857. The molecule has 0 bridgehead atoms. The molecule has 0 unspecified atom stereocenters. The molecule has 1 aromatic carbocycles. The highest BCUT2D eigenvalue weighted by atomic mass is 19.3. The Hall–Kier alpha value is -1.36. The maximum absolute atomic E-state index is 12.8. The number of nitrogens with one attached hydrogen (secondary N) is 1. The zero-order chi connectivity index (χ0) is 12.5. The number of fused-ring (bicyclic) bond motifs is 1. The quantitative estimate of drug-likeness (QED) is 0.882. The molecule has 94 valence electrons. The molecule has 1 heterocycles. The fourth-order valence-corrected chi connectivity index (χ4v) is 1.61. The third-order valence-electron chi connectivity index (χ3n) is 2.35. The van der Waals surface area contributed by atoms with Crippen molar-refractivity contribution in [2.24, 2.45) is 5.92 Å². The number of rotatable bonds is 4. The average molecular weight is 243 g/mol. The van der Waals surface area contributed by atoms with Crippen LogP contribution in [-0.2, 0) is 6.54 Å². The van der Waals surface area contributed by atoms with Gasteiger partial charge in [-0.05, 0) is 30.2 Å². The molecule has 1 aromatic rings. The summed E-state index contributed by atoms with van der Waals surface area (Å²) in [6, 6.07) is 4.82. The summed E-state index contributed by atoms with van der Waals surface area (Å²) in [5.41, 5.74) is 0.894. The second-order valence-electron chi connectivity index (χ2n) is 4.47. The molecule has 3 nitrogen and oxygen atoms in total. The molecule has 2 rings (SSSR count). The summed E-state index contributed by atoms with van der Waals surface area (Å²) < 4.78 is 34.2. The molecule has 1 aliphatic rings. The second kappa shape index (κ2) is 4.49. The molecule has 0 radical (unpaired) electrons. The van der Waals surface area contributed by atoms with Gasteiger partial charge in [0.25, 0.3) is 0 Å². The molecule has 0 saturated heterocycles. The van der Waals surface area contributed by atoms with Gasteiger partial charge in [0.1, 0.15) is 0 Å². The fraction of sp³-hybridized carbons (Fsp3) is 0.500. The summed E-state index contributed by atoms with van der Waals surface area (Å²) in [5, 5.41) is 3.23. The highest BCUT2D eigenvalue weighted by Crippen LogP contribution is 2.41. The van der Waals surface area contributed by atoms with E-state index in [0.717, 1.165) is 12.1 Å². The van der Waals surface area contributed by atoms with Crippen molar-refractivity contribution in [1.29, 1.82) is 0 Å². The molecule has 0 atom stereocenters. The Balaban J connectivity index is 1.99. The molecule has 0 spiro atoms. The van der Waals surface area contributed by atoms with Gasteiger partial charge in [-0.15, -0.1) is 8.78 Å². The van der Waals surface area contributed by atoms with Crippen LogP contribution in [0.3, 0.4) is 0 Å². The Morgan fingerprint density at radius 1 is 1.24 bits per heavy atom. The van der Waals surface area contributed by atoms with E-state index in [1.54, 1.807) is 12.1 Å². The van der Waals surface area contributed by atoms with Gasteiger partial charge in [-0.2, -0.15) is 0 Å². The zero-order valence-corrected chi connectivity index (χ0v) is 9.80. The van der Waals surface area contributed by atoms with Crippen LogP contribution in [0.5, 0.6) is 11.5 Å². The first kappa shape index (κ1) is 12.1. The standard InChI is InChI=1S/C12H15F2NO2/c1-8(2)6-15-7-9-3-4-10-11(5-9)17-12(13,14)16-10/h3-5,8,15H,6-7H2,1-2H3. The summed E-state index contributed by atoms with van der Waals surface area (Å²) >= 11 is 0. The Bertz CT molecular complexity index is 407. The van der Waals surface area contributed by atoms with Crippen molar-refractivity contribution in [2.75, 3.05) is 6.54 Å². The van der Waals surface area contributed by atoms with Gasteiger partial charge in [0, 0.05) is 6.54 Å². The van der Waals surface area contributed by atoms with Gasteiger partial charge >= 0.3 is 6.29 Å². The van der Waals surface area contributed by atoms with Gasteiger partial charge < -0.3 is 14.8 Å². The molecule has 0 aromatic heterocycles. The topological polar surface area (TPSA) is 30.5 Å². The van der Waals surface area contributed by atoms with Gasteiger partial charge in [0.05, 0.1) is 0 Å². The number of benzene rings is 1. The predicted octanol–water partition coefficient (Wildman–Crippen LogP) is 2.75. The fourth-order valence-electron chi connectivity index (χ4n) is 1.61. The normalized spacial score (nSPS) is 16.5. The van der Waals surface area contributed by atoms with Crippen LogP contribution < -0.4 is 14.8 Å². The third kappa shape index (κ3) is 3.06. The van der Waals surface area contributed by atoms with E-state index in [1.807, 2.05) is 0 Å². The first-order chi connectivity index (χ1) is 7.96. The predicted molar refractivity (Wildman–Crippen MR) is 59.2 cm³/mol. The highest BCUT2D eigenvalue weighted by Gasteiger charge is 2.43. The minimum atomic E-state index is -3.54. The van der Waals surface area contributed by atoms with E-state index < -0.39 is 6.29 Å². The van der Waals surface area contributed by atoms with E-state index in [0.29, 0.717) is 12.5 Å². The maximum Gasteiger partial charge on any atom is 0.586 e. The van der Waals surface area contributed by atoms with E-state index in [1.165, 1.54) is 6.07 Å². The van der Waals surface area contributed by atoms with Gasteiger partial charge in [0.15, 0.2) is 11.5 Å². The summed E-state index contributed by atoms with van der Waals surface area (Å²) in [7, 11) is 0. The Kier molecular flexibility index (Phi) is 3.19. The molecule has 0 amide bonds. The summed E-state index contributed by atoms with van der Waals surface area (Å²) in [6.45, 7) is 5.71. The molecule has 1 N–H and O–H groups in total. The van der Waals surface area contributed by atoms with Crippen LogP contribution in [0.4, 0.5) is 8.78 Å². The lowest BCUT2D eigenvalue weighted by Gasteiger charge is -2.07. The maximum atomic E-state index is 12.8. The molecule has 1 aliphatic heterocycles. The SMILES string of the molecule is CC(C)CNCc1ccc2c(c1)OC(F)(F)O2. The van der Waals surface area contributed by atoms with Crippen LogP contribution >= 0.6 is 0 Å². The van der Waals surface area contributed by atoms with E-state index in [9.17, 15) is 8.78 Å². The molecule has 5 heteroatoms. The van der Waals surface area contributed by atoms with E-state index in [2.05, 4.69) is 28.6 Å². The van der Waals surface area contributed by atoms with E-state index in [-0.39, 0.29) is 11.5 Å². The van der Waals surface area contributed by atoms with Crippen LogP contribution in [0.15, 0.2) is 18.2 Å². The van der Waals surface area contributed by atoms with Crippen molar-refractivity contribution in [2.45, 2.75) is 26.7 Å². The van der Waals surface area contributed by atoms with Crippen molar-refractivity contribution in [3.63, 3.8) is 0 Å². The molecule has 17 heavy (non-hydrogen) atoms. The number of alkyl halides is 2. The third-order valence-corrected chi connectivity index (χ3v) is 2.35. The van der Waals surface area contributed by atoms with E-state index >= 15 is 0 Å². The highest BCUT2D eigenvalue weighted by molar-refractivity contribution is 5.45. The average Bonchev–Trinajstić information content (AvgIpc) is 2.50. The molecule has 0 aliphatic carbocycles. The van der Waals surface area contributed by atoms with Crippen LogP contribution in [0.2, 0.25) is 0 Å². The monoisotopic (exact) mass is 243 g/mol. The summed E-state index contributed by atoms with van der Waals surface area (Å²) in [5.74, 6) is 0.731. The number of hydrogen-bond acceptors (Lipinski definition) is 3. The van der Waals surface area contributed by atoms with Crippen molar-refractivity contribution < 1.29 is 18.3 Å². The number of halogens is 2. The molecular weight excluding hydrogens is 228 g/mol. The van der Waals surface area contributed by atoms with Crippen LogP contribution in [0, 0.1) is 5.92 Å². The Morgan fingerprint density at radius 2 is 1.94 bits per heavy atom. The van der Waals surface area contributed by atoms with Gasteiger partial charge in [0.2, 0.25) is 0 Å². The molecule has 0 saturated carbocycles. The number of ether oxygens (including phenoxy) is 2. The molecule has 0 fully saturated rings. The lowest BCUT2D eigenvalue weighted by molar-refractivity contribution is -0.286. The van der Waals surface area contributed by atoms with Gasteiger partial charge in [-0.1, -0.05) is 19.9 Å². The van der Waals surface area contributed by atoms with Gasteiger partial charge in [-0.25, -0.2) is 0 Å². The van der Waals surface area contributed by atoms with Crippen molar-refractivity contribution >= 4 is 0 Å². The smallest absolute Gasteiger partial charge is 0.395 e. The first-order valence-corrected chi connectivity index (χ1v) is 5.56. The van der Waals surface area contributed by atoms with Crippen molar-refractivity contribution in [3.8, 4) is 11.5 Å². The first-order valence-electron chi connectivity index (χ1n) is 5.56. The van der Waals surface area contributed by atoms with Crippen molar-refractivity contribution in [1.82, 2.24) is 5.32 Å². The summed E-state index contributed by atoms with van der Waals surface area (Å²) in [4.78, 5) is 0. The van der Waals surface area contributed by atoms with Crippen LogP contribution in [-0.4, -0.2) is 12.8 Å². The van der Waals surface area contributed by atoms with Crippen molar-refractivity contribution in [3.05, 3.63) is 23.8 Å².